The van der Waals surface area contributed by atoms with Gasteiger partial charge in [0, 0.05) is 19.4 Å². The zero-order valence-corrected chi connectivity index (χ0v) is 35.3. The number of carbonyl (C=O) groups excluding carboxylic acids is 8. The van der Waals surface area contributed by atoms with E-state index in [-0.39, 0.29) is 50.0 Å². The van der Waals surface area contributed by atoms with Gasteiger partial charge in [0.25, 0.3) is 0 Å². The first-order valence-corrected chi connectivity index (χ1v) is 19.8. The summed E-state index contributed by atoms with van der Waals surface area (Å²) in [6.07, 6.45) is -2.14. The number of aliphatic imine (C=N–C) groups is 1. The third-order valence-electron chi connectivity index (χ3n) is 8.62. The molecule has 0 unspecified atom stereocenters. The lowest BCUT2D eigenvalue weighted by molar-refractivity contribution is -0.143. The Kier molecular flexibility index (Phi) is 26.3. The summed E-state index contributed by atoms with van der Waals surface area (Å²) in [5, 5.41) is 53.6. The van der Waals surface area contributed by atoms with Crippen LogP contribution in [-0.4, -0.2) is 154 Å². The van der Waals surface area contributed by atoms with Crippen LogP contribution in [0.15, 0.2) is 4.99 Å². The Bertz CT molecular complexity index is 1590. The van der Waals surface area contributed by atoms with E-state index < -0.39 is 147 Å². The van der Waals surface area contributed by atoms with Crippen molar-refractivity contribution in [1.29, 1.82) is 0 Å². The van der Waals surface area contributed by atoms with E-state index in [0.29, 0.717) is 0 Å². The van der Waals surface area contributed by atoms with Gasteiger partial charge in [-0.05, 0) is 50.4 Å². The summed E-state index contributed by atoms with van der Waals surface area (Å²) in [6.45, 7) is 4.54. The second-order valence-corrected chi connectivity index (χ2v) is 15.1. The van der Waals surface area contributed by atoms with Gasteiger partial charge in [0.2, 0.25) is 47.3 Å². The molecule has 0 aliphatic rings. The minimum absolute atomic E-state index is 0.0122. The summed E-state index contributed by atoms with van der Waals surface area (Å²) >= 11 is 0. The summed E-state index contributed by atoms with van der Waals surface area (Å²) in [4.78, 5) is 131. The minimum atomic E-state index is -1.72. The standard InChI is InChI=1S/C36H64N12O14/c1-17(2)12-23(43-27(52)14-42-29(55)19(37)15-49)33(59)46-22(8-10-28(53)54)31(57)45-21(7-9-26(38)51)32(58)47-24(13-18(3)4)34(60)44-20(6-5-11-41-36(39)40)30(56)48-25(16-50)35(61)62/h17-25,49-50H,5-16,37H2,1-4H3,(H2,38,51)(H,42,55)(H,43,52)(H,44,60)(H,45,57)(H,46,59)(H,47,58)(H,48,56)(H,53,54)(H,61,62)(H4,39,40,41)/t19-,20-,21-,22-,23-,24-,25-/m0/s1. The van der Waals surface area contributed by atoms with E-state index in [1.807, 2.05) is 0 Å². The molecule has 0 spiro atoms. The lowest BCUT2D eigenvalue weighted by Gasteiger charge is -2.28. The first-order chi connectivity index (χ1) is 28.9. The van der Waals surface area contributed by atoms with Crippen LogP contribution in [0.2, 0.25) is 0 Å². The van der Waals surface area contributed by atoms with E-state index in [0.717, 1.165) is 0 Å². The van der Waals surface area contributed by atoms with Gasteiger partial charge in [0.15, 0.2) is 5.96 Å². The number of hydrogen-bond acceptors (Lipinski definition) is 14. The van der Waals surface area contributed by atoms with Crippen LogP contribution in [0, 0.1) is 11.8 Å². The largest absolute Gasteiger partial charge is 0.481 e. The van der Waals surface area contributed by atoms with Crippen LogP contribution < -0.4 is 60.2 Å². The molecule has 26 nitrogen and oxygen atoms in total. The summed E-state index contributed by atoms with van der Waals surface area (Å²) in [5.41, 5.74) is 21.4. The van der Waals surface area contributed by atoms with E-state index in [9.17, 15) is 63.3 Å². The second-order valence-electron chi connectivity index (χ2n) is 15.1. The molecule has 0 aromatic rings. The second kappa shape index (κ2) is 29.2. The van der Waals surface area contributed by atoms with Crippen molar-refractivity contribution in [2.75, 3.05) is 26.3 Å². The van der Waals surface area contributed by atoms with Crippen molar-refractivity contribution in [3.05, 3.63) is 0 Å². The maximum Gasteiger partial charge on any atom is 0.328 e. The van der Waals surface area contributed by atoms with Gasteiger partial charge in [-0.3, -0.25) is 48.1 Å². The van der Waals surface area contributed by atoms with Crippen molar-refractivity contribution in [2.24, 2.45) is 39.8 Å². The number of carbonyl (C=O) groups is 10. The van der Waals surface area contributed by atoms with Crippen molar-refractivity contribution >= 4 is 65.2 Å². The summed E-state index contributed by atoms with van der Waals surface area (Å²) in [6, 6.07) is -10.4. The highest BCUT2D eigenvalue weighted by Gasteiger charge is 2.34. The number of nitrogens with two attached hydrogens (primary N) is 4. The van der Waals surface area contributed by atoms with Gasteiger partial charge in [-0.25, -0.2) is 4.79 Å². The van der Waals surface area contributed by atoms with Crippen molar-refractivity contribution in [2.45, 2.75) is 121 Å². The summed E-state index contributed by atoms with van der Waals surface area (Å²) in [7, 11) is 0. The molecular formula is C36H64N12O14. The van der Waals surface area contributed by atoms with Crippen LogP contribution >= 0.6 is 0 Å². The van der Waals surface area contributed by atoms with Crippen LogP contribution in [-0.2, 0) is 47.9 Å². The number of nitrogens with zero attached hydrogens (tertiary/aromatic N) is 1. The van der Waals surface area contributed by atoms with Crippen LogP contribution in [0.5, 0.6) is 0 Å². The van der Waals surface area contributed by atoms with E-state index in [2.05, 4.69) is 42.2 Å². The fourth-order valence-electron chi connectivity index (χ4n) is 5.44. The number of nitrogens with one attached hydrogen (secondary N) is 7. The smallest absolute Gasteiger partial charge is 0.328 e. The van der Waals surface area contributed by atoms with Crippen molar-refractivity contribution in [3.8, 4) is 0 Å². The van der Waals surface area contributed by atoms with Gasteiger partial charge in [-0.1, -0.05) is 27.7 Å². The van der Waals surface area contributed by atoms with Gasteiger partial charge >= 0.3 is 11.9 Å². The molecule has 0 fully saturated rings. The van der Waals surface area contributed by atoms with Gasteiger partial charge < -0.3 is 80.6 Å². The molecule has 0 radical (unpaired) electrons. The first kappa shape index (κ1) is 55.9. The van der Waals surface area contributed by atoms with Crippen molar-refractivity contribution in [3.63, 3.8) is 0 Å². The highest BCUT2D eigenvalue weighted by atomic mass is 16.4. The fourth-order valence-corrected chi connectivity index (χ4v) is 5.44. The molecule has 19 N–H and O–H groups in total. The van der Waals surface area contributed by atoms with Gasteiger partial charge in [0.05, 0.1) is 19.8 Å². The average molecular weight is 889 g/mol. The fraction of sp³-hybridized carbons (Fsp3) is 0.694. The number of rotatable bonds is 31. The predicted octanol–water partition coefficient (Wildman–Crippen LogP) is -6.32. The third kappa shape index (κ3) is 23.6. The topological polar surface area (TPSA) is 452 Å². The first-order valence-electron chi connectivity index (χ1n) is 19.8. The third-order valence-corrected chi connectivity index (χ3v) is 8.62. The number of carboxylic acid groups (broad SMARTS) is 2. The number of carboxylic acids is 2. The van der Waals surface area contributed by atoms with Crippen LogP contribution in [0.1, 0.15) is 79.1 Å². The van der Waals surface area contributed by atoms with Crippen LogP contribution in [0.25, 0.3) is 0 Å². The number of guanidine groups is 1. The Hall–Kier alpha value is -6.15. The van der Waals surface area contributed by atoms with Crippen LogP contribution in [0.3, 0.4) is 0 Å². The molecule has 0 aliphatic heterocycles. The Morgan fingerprint density at radius 2 is 0.968 bits per heavy atom. The SMILES string of the molecule is CC(C)C[C@H](NC(=O)CNC(=O)[C@@H](N)CO)C(=O)N[C@@H](CCC(=O)O)C(=O)N[C@@H](CCC(N)=O)C(=O)N[C@@H](CC(C)C)C(=O)N[C@@H](CCCN=C(N)N)C(=O)N[C@@H](CO)C(=O)O. The molecule has 0 heterocycles. The molecule has 0 aromatic heterocycles. The molecule has 0 bridgehead atoms. The molecular weight excluding hydrogens is 824 g/mol. The predicted molar refractivity (Wildman–Crippen MR) is 218 cm³/mol. The highest BCUT2D eigenvalue weighted by molar-refractivity contribution is 5.97. The van der Waals surface area contributed by atoms with E-state index in [1.54, 1.807) is 27.7 Å². The van der Waals surface area contributed by atoms with Gasteiger partial charge in [-0.15, -0.1) is 0 Å². The lowest BCUT2D eigenvalue weighted by Crippen LogP contribution is -2.60. The number of aliphatic hydroxyl groups excluding tert-OH is 2. The zero-order valence-electron chi connectivity index (χ0n) is 35.3. The van der Waals surface area contributed by atoms with E-state index >= 15 is 0 Å². The Balaban J connectivity index is 6.51. The molecule has 0 aromatic carbocycles. The van der Waals surface area contributed by atoms with Gasteiger partial charge in [0.1, 0.15) is 42.3 Å². The van der Waals surface area contributed by atoms with Crippen molar-refractivity contribution in [1.82, 2.24) is 37.2 Å². The molecule has 0 aliphatic carbocycles. The number of amides is 8. The Morgan fingerprint density at radius 1 is 0.548 bits per heavy atom. The summed E-state index contributed by atoms with van der Waals surface area (Å²) < 4.78 is 0. The van der Waals surface area contributed by atoms with E-state index in [4.69, 9.17) is 28.0 Å². The number of aliphatic hydroxyl groups is 2. The minimum Gasteiger partial charge on any atom is -0.481 e. The monoisotopic (exact) mass is 888 g/mol. The normalized spacial score (nSPS) is 14.3. The molecule has 0 rings (SSSR count). The summed E-state index contributed by atoms with van der Waals surface area (Å²) in [5.74, 6) is -11.2. The molecule has 0 saturated heterocycles. The molecule has 352 valence electrons. The maximum absolute atomic E-state index is 13.8. The highest BCUT2D eigenvalue weighted by Crippen LogP contribution is 2.11. The average Bonchev–Trinajstić information content (AvgIpc) is 3.18. The number of hydrogen-bond donors (Lipinski definition) is 15. The Labute approximate surface area is 357 Å². The molecule has 26 heteroatoms. The quantitative estimate of drug-likeness (QED) is 0.0175. The Morgan fingerprint density at radius 3 is 1.37 bits per heavy atom. The molecule has 8 amide bonds. The molecule has 62 heavy (non-hydrogen) atoms. The van der Waals surface area contributed by atoms with Crippen LogP contribution in [0.4, 0.5) is 0 Å². The number of primary amides is 1. The van der Waals surface area contributed by atoms with Gasteiger partial charge in [-0.2, -0.15) is 0 Å². The lowest BCUT2D eigenvalue weighted by atomic mass is 10.0. The molecule has 7 atom stereocenters. The zero-order chi connectivity index (χ0) is 47.7. The van der Waals surface area contributed by atoms with E-state index in [1.165, 1.54) is 0 Å². The van der Waals surface area contributed by atoms with Crippen molar-refractivity contribution < 1.29 is 68.4 Å². The number of aliphatic carboxylic acids is 2. The maximum atomic E-state index is 13.8. The molecule has 0 saturated carbocycles.